The van der Waals surface area contributed by atoms with Gasteiger partial charge >= 0.3 is 13.8 Å². The van der Waals surface area contributed by atoms with Crippen LogP contribution >= 0.6 is 7.82 Å². The van der Waals surface area contributed by atoms with E-state index in [1.54, 1.807) is 0 Å². The van der Waals surface area contributed by atoms with Gasteiger partial charge in [-0.2, -0.15) is 0 Å². The van der Waals surface area contributed by atoms with Gasteiger partial charge in [0.25, 0.3) is 0 Å². The molecular weight excluding hydrogens is 553 g/mol. The molecule has 1 atom stereocenters. The molecule has 1 N–H and O–H groups in total. The third-order valence-electron chi connectivity index (χ3n) is 6.66. The average Bonchev–Trinajstić information content (AvgIpc) is 3.01. The number of benzene rings is 2. The molecular formula is C33H50NO7P. The molecule has 0 saturated heterocycles. The number of amides is 1. The summed E-state index contributed by atoms with van der Waals surface area (Å²) in [6.45, 7) is 3.91. The lowest BCUT2D eigenvalue weighted by atomic mass is 10.1. The van der Waals surface area contributed by atoms with Crippen molar-refractivity contribution in [3.8, 4) is 0 Å². The summed E-state index contributed by atoms with van der Waals surface area (Å²) in [5, 5.41) is 2.85. The summed E-state index contributed by atoms with van der Waals surface area (Å²) in [7, 11) is -4.13. The van der Waals surface area contributed by atoms with Gasteiger partial charge in [0.2, 0.25) is 5.91 Å². The fraction of sp³-hybridized carbons (Fsp3) is 0.576. The normalized spacial score (nSPS) is 12.1. The van der Waals surface area contributed by atoms with Crippen molar-refractivity contribution < 1.29 is 32.5 Å². The van der Waals surface area contributed by atoms with E-state index in [0.717, 1.165) is 30.4 Å². The van der Waals surface area contributed by atoms with Crippen LogP contribution in [0.1, 0.15) is 102 Å². The molecule has 0 unspecified atom stereocenters. The summed E-state index contributed by atoms with van der Waals surface area (Å²) in [5.74, 6) is -0.519. The van der Waals surface area contributed by atoms with E-state index in [4.69, 9.17) is 18.3 Å². The Balaban J connectivity index is 1.94. The second kappa shape index (κ2) is 22.1. The number of carbonyl (C=O) groups is 2. The molecule has 0 spiro atoms. The Bertz CT molecular complexity index is 988. The summed E-state index contributed by atoms with van der Waals surface area (Å²) in [5.41, 5.74) is 1.59. The lowest BCUT2D eigenvalue weighted by Gasteiger charge is -2.24. The Kier molecular flexibility index (Phi) is 18.8. The number of ether oxygens (including phenoxy) is 1. The van der Waals surface area contributed by atoms with Crippen molar-refractivity contribution in [3.05, 3.63) is 71.8 Å². The molecule has 0 heterocycles. The summed E-state index contributed by atoms with van der Waals surface area (Å²) >= 11 is 0. The Morgan fingerprint density at radius 3 is 1.76 bits per heavy atom. The SMILES string of the molecule is CCCCCCCCCCCC(=O)NC[C@@H](COC(=O)CCC)OP(=O)(OCc1ccccc1)OCc1ccccc1. The molecule has 2 aromatic rings. The Hall–Kier alpha value is -2.51. The summed E-state index contributed by atoms with van der Waals surface area (Å²) in [6.07, 6.45) is 10.9. The number of nitrogens with one attached hydrogen (secondary N) is 1. The van der Waals surface area contributed by atoms with Crippen molar-refractivity contribution in [3.63, 3.8) is 0 Å². The molecule has 9 heteroatoms. The minimum Gasteiger partial charge on any atom is -0.463 e. The van der Waals surface area contributed by atoms with Crippen LogP contribution in [-0.2, 0) is 45.7 Å². The molecule has 8 nitrogen and oxygen atoms in total. The van der Waals surface area contributed by atoms with Gasteiger partial charge in [0, 0.05) is 19.4 Å². The number of phosphoric ester groups is 1. The Labute approximate surface area is 252 Å². The van der Waals surface area contributed by atoms with Crippen molar-refractivity contribution in [1.82, 2.24) is 5.32 Å². The van der Waals surface area contributed by atoms with Crippen molar-refractivity contribution in [2.75, 3.05) is 13.2 Å². The van der Waals surface area contributed by atoms with Crippen LogP contribution in [0.15, 0.2) is 60.7 Å². The maximum atomic E-state index is 13.8. The van der Waals surface area contributed by atoms with Crippen LogP contribution in [0.2, 0.25) is 0 Å². The molecule has 0 aliphatic carbocycles. The van der Waals surface area contributed by atoms with E-state index in [1.807, 2.05) is 67.6 Å². The first kappa shape index (κ1) is 35.7. The number of hydrogen-bond acceptors (Lipinski definition) is 7. The van der Waals surface area contributed by atoms with Crippen LogP contribution in [0.3, 0.4) is 0 Å². The Morgan fingerprint density at radius 1 is 0.714 bits per heavy atom. The van der Waals surface area contributed by atoms with Crippen LogP contribution in [0.5, 0.6) is 0 Å². The number of hydrogen-bond donors (Lipinski definition) is 1. The molecule has 0 bridgehead atoms. The van der Waals surface area contributed by atoms with E-state index in [1.165, 1.54) is 38.5 Å². The second-order valence-electron chi connectivity index (χ2n) is 10.5. The van der Waals surface area contributed by atoms with Crippen LogP contribution in [0, 0.1) is 0 Å². The first-order chi connectivity index (χ1) is 20.4. The first-order valence-electron chi connectivity index (χ1n) is 15.5. The molecule has 42 heavy (non-hydrogen) atoms. The molecule has 1 amide bonds. The van der Waals surface area contributed by atoms with Crippen molar-refractivity contribution in [2.45, 2.75) is 110 Å². The molecule has 0 aromatic heterocycles. The molecule has 0 aliphatic heterocycles. The maximum absolute atomic E-state index is 13.8. The van der Waals surface area contributed by atoms with Gasteiger partial charge in [-0.1, -0.05) is 126 Å². The largest absolute Gasteiger partial charge is 0.475 e. The minimum atomic E-state index is -4.13. The standard InChI is InChI=1S/C33H50NO7P/c1-3-5-6-7-8-9-10-11-18-24-32(35)34-25-31(28-38-33(36)19-4-2)41-42(37,39-26-29-20-14-12-15-21-29)40-27-30-22-16-13-17-23-30/h12-17,20-23,31H,3-11,18-19,24-28H2,1-2H3,(H,34,35)/t31-/m0/s1. The average molecular weight is 604 g/mol. The lowest BCUT2D eigenvalue weighted by Crippen LogP contribution is -2.36. The van der Waals surface area contributed by atoms with E-state index in [2.05, 4.69) is 12.2 Å². The number of carbonyl (C=O) groups excluding carboxylic acids is 2. The molecule has 0 radical (unpaired) electrons. The van der Waals surface area contributed by atoms with Gasteiger partial charge in [0.05, 0.1) is 13.2 Å². The highest BCUT2D eigenvalue weighted by atomic mass is 31.2. The predicted octanol–water partition coefficient (Wildman–Crippen LogP) is 8.29. The second-order valence-corrected chi connectivity index (χ2v) is 12.1. The van der Waals surface area contributed by atoms with Crippen LogP contribution in [0.25, 0.3) is 0 Å². The quantitative estimate of drug-likeness (QED) is 0.0732. The third-order valence-corrected chi connectivity index (χ3v) is 8.11. The molecule has 2 aromatic carbocycles. The first-order valence-corrected chi connectivity index (χ1v) is 17.0. The molecule has 0 aliphatic rings. The van der Waals surface area contributed by atoms with Crippen molar-refractivity contribution in [1.29, 1.82) is 0 Å². The topological polar surface area (TPSA) is 100 Å². The fourth-order valence-corrected chi connectivity index (χ4v) is 5.55. The van der Waals surface area contributed by atoms with E-state index in [9.17, 15) is 14.2 Å². The van der Waals surface area contributed by atoms with E-state index in [0.29, 0.717) is 12.8 Å². The van der Waals surface area contributed by atoms with Gasteiger partial charge < -0.3 is 10.1 Å². The zero-order chi connectivity index (χ0) is 30.3. The van der Waals surface area contributed by atoms with E-state index >= 15 is 0 Å². The molecule has 2 rings (SSSR count). The number of unbranched alkanes of at least 4 members (excludes halogenated alkanes) is 8. The van der Waals surface area contributed by atoms with Crippen LogP contribution in [0.4, 0.5) is 0 Å². The van der Waals surface area contributed by atoms with Crippen LogP contribution < -0.4 is 5.32 Å². The number of rotatable bonds is 24. The van der Waals surface area contributed by atoms with Gasteiger partial charge in [-0.05, 0) is 24.0 Å². The highest BCUT2D eigenvalue weighted by Gasteiger charge is 2.32. The Morgan fingerprint density at radius 2 is 1.24 bits per heavy atom. The third kappa shape index (κ3) is 16.8. The summed E-state index contributed by atoms with van der Waals surface area (Å²) in [4.78, 5) is 24.7. The smallest absolute Gasteiger partial charge is 0.463 e. The molecule has 0 fully saturated rings. The minimum absolute atomic E-state index is 0.000211. The zero-order valence-corrected chi connectivity index (χ0v) is 26.4. The highest BCUT2D eigenvalue weighted by molar-refractivity contribution is 7.48. The number of esters is 1. The molecule has 0 saturated carbocycles. The summed E-state index contributed by atoms with van der Waals surface area (Å²) < 4.78 is 36.5. The van der Waals surface area contributed by atoms with Crippen LogP contribution in [-0.4, -0.2) is 31.1 Å². The zero-order valence-electron chi connectivity index (χ0n) is 25.5. The maximum Gasteiger partial charge on any atom is 0.475 e. The van der Waals surface area contributed by atoms with Crippen molar-refractivity contribution >= 4 is 19.7 Å². The van der Waals surface area contributed by atoms with Gasteiger partial charge in [-0.15, -0.1) is 0 Å². The van der Waals surface area contributed by atoms with Crippen molar-refractivity contribution in [2.24, 2.45) is 0 Å². The van der Waals surface area contributed by atoms with Gasteiger partial charge in [0.1, 0.15) is 12.7 Å². The monoisotopic (exact) mass is 603 g/mol. The predicted molar refractivity (Wildman–Crippen MR) is 166 cm³/mol. The molecule has 234 valence electrons. The highest BCUT2D eigenvalue weighted by Crippen LogP contribution is 2.52. The van der Waals surface area contributed by atoms with Gasteiger partial charge in [-0.25, -0.2) is 4.57 Å². The van der Waals surface area contributed by atoms with E-state index in [-0.39, 0.29) is 38.7 Å². The van der Waals surface area contributed by atoms with Gasteiger partial charge in [0.15, 0.2) is 0 Å². The van der Waals surface area contributed by atoms with E-state index < -0.39 is 19.9 Å². The van der Waals surface area contributed by atoms with Gasteiger partial charge in [-0.3, -0.25) is 23.2 Å². The lowest BCUT2D eigenvalue weighted by molar-refractivity contribution is -0.146. The summed E-state index contributed by atoms with van der Waals surface area (Å²) in [6, 6.07) is 18.6. The fourth-order valence-electron chi connectivity index (χ4n) is 4.24. The number of phosphoric acid groups is 1.